The summed E-state index contributed by atoms with van der Waals surface area (Å²) in [6, 6.07) is 8.84. The van der Waals surface area contributed by atoms with Crippen LogP contribution in [0.1, 0.15) is 41.7 Å². The number of benzene rings is 1. The van der Waals surface area contributed by atoms with Crippen molar-refractivity contribution < 1.29 is 4.79 Å². The minimum atomic E-state index is -0.0351. The summed E-state index contributed by atoms with van der Waals surface area (Å²) in [7, 11) is 0. The molecule has 2 aliphatic heterocycles. The first-order valence-electron chi connectivity index (χ1n) is 8.47. The van der Waals surface area contributed by atoms with E-state index in [-0.39, 0.29) is 24.4 Å². The Bertz CT molecular complexity index is 764. The van der Waals surface area contributed by atoms with Crippen LogP contribution >= 0.6 is 24.0 Å². The molecule has 1 aromatic heterocycles. The first kappa shape index (κ1) is 18.2. The first-order valence-corrected chi connectivity index (χ1v) is 8.85. The lowest BCUT2D eigenvalue weighted by molar-refractivity contribution is 0.0923. The highest BCUT2D eigenvalue weighted by molar-refractivity contribution is 6.30. The van der Waals surface area contributed by atoms with Crippen LogP contribution in [0.15, 0.2) is 30.5 Å². The fraction of sp³-hybridized carbons (Fsp3) is 0.444. The van der Waals surface area contributed by atoms with Gasteiger partial charge in [-0.25, -0.2) is 4.68 Å². The number of carbonyl (C=O) groups is 1. The van der Waals surface area contributed by atoms with Gasteiger partial charge in [0.25, 0.3) is 5.91 Å². The second-order valence-corrected chi connectivity index (χ2v) is 7.25. The van der Waals surface area contributed by atoms with Crippen LogP contribution < -0.4 is 10.6 Å². The summed E-state index contributed by atoms with van der Waals surface area (Å²) in [6.45, 7) is 1.91. The number of hydrogen-bond donors (Lipinski definition) is 2. The molecule has 5 nitrogen and oxygen atoms in total. The van der Waals surface area contributed by atoms with Gasteiger partial charge in [0.05, 0.1) is 23.1 Å². The molecule has 1 amide bonds. The Morgan fingerprint density at radius 3 is 2.72 bits per heavy atom. The maximum Gasteiger partial charge on any atom is 0.254 e. The van der Waals surface area contributed by atoms with E-state index in [9.17, 15) is 4.79 Å². The van der Waals surface area contributed by atoms with Crippen LogP contribution in [-0.2, 0) is 0 Å². The highest BCUT2D eigenvalue weighted by Gasteiger charge is 2.34. The summed E-state index contributed by atoms with van der Waals surface area (Å²) >= 11 is 6.05. The van der Waals surface area contributed by atoms with Crippen LogP contribution in [0, 0.1) is 6.92 Å². The molecule has 0 saturated carbocycles. The number of hydrogen-bond acceptors (Lipinski definition) is 3. The second kappa shape index (κ2) is 7.36. The molecule has 2 bridgehead atoms. The van der Waals surface area contributed by atoms with Gasteiger partial charge in [0.2, 0.25) is 0 Å². The molecule has 4 rings (SSSR count). The Morgan fingerprint density at radius 1 is 1.32 bits per heavy atom. The lowest BCUT2D eigenvalue weighted by Gasteiger charge is -2.29. The lowest BCUT2D eigenvalue weighted by Crippen LogP contribution is -2.48. The molecule has 134 valence electrons. The standard InChI is InChI=1S/C18H21ClN4O.ClH/c1-11-17(10-20-23(11)16-4-2-3-12(19)7-16)18(24)22-15-8-13-5-6-14(9-15)21-13;/h2-4,7,10,13-15,21H,5-6,8-9H2,1H3,(H,22,24);1H. The van der Waals surface area contributed by atoms with Crippen molar-refractivity contribution in [2.24, 2.45) is 0 Å². The van der Waals surface area contributed by atoms with E-state index in [0.717, 1.165) is 24.2 Å². The Hall–Kier alpha value is -1.56. The van der Waals surface area contributed by atoms with Gasteiger partial charge in [-0.3, -0.25) is 4.79 Å². The van der Waals surface area contributed by atoms with Crippen molar-refractivity contribution in [1.29, 1.82) is 0 Å². The summed E-state index contributed by atoms with van der Waals surface area (Å²) in [6.07, 6.45) is 6.13. The molecule has 1 aromatic carbocycles. The molecule has 25 heavy (non-hydrogen) atoms. The minimum Gasteiger partial charge on any atom is -0.349 e. The highest BCUT2D eigenvalue weighted by Crippen LogP contribution is 2.27. The number of nitrogens with one attached hydrogen (secondary N) is 2. The van der Waals surface area contributed by atoms with Crippen LogP contribution in [0.2, 0.25) is 5.02 Å². The zero-order valence-electron chi connectivity index (χ0n) is 14.0. The molecule has 7 heteroatoms. The average Bonchev–Trinajstić information content (AvgIpc) is 3.10. The van der Waals surface area contributed by atoms with Crippen LogP contribution in [0.3, 0.4) is 0 Å². The zero-order chi connectivity index (χ0) is 16.7. The largest absolute Gasteiger partial charge is 0.349 e. The SMILES string of the molecule is Cc1c(C(=O)NC2CC3CCC(C2)N3)cnn1-c1cccc(Cl)c1.Cl. The van der Waals surface area contributed by atoms with Gasteiger partial charge in [-0.05, 0) is 50.8 Å². The number of halogens is 2. The Labute approximate surface area is 158 Å². The molecule has 0 radical (unpaired) electrons. The van der Waals surface area contributed by atoms with E-state index >= 15 is 0 Å². The molecule has 3 heterocycles. The van der Waals surface area contributed by atoms with Crippen molar-refractivity contribution in [3.63, 3.8) is 0 Å². The highest BCUT2D eigenvalue weighted by atomic mass is 35.5. The quantitative estimate of drug-likeness (QED) is 0.858. The third-order valence-corrected chi connectivity index (χ3v) is 5.35. The van der Waals surface area contributed by atoms with Crippen molar-refractivity contribution in [3.8, 4) is 5.69 Å². The van der Waals surface area contributed by atoms with Crippen LogP contribution in [-0.4, -0.2) is 33.8 Å². The number of carbonyl (C=O) groups excluding carboxylic acids is 1. The first-order chi connectivity index (χ1) is 11.6. The molecule has 0 aliphatic carbocycles. The summed E-state index contributed by atoms with van der Waals surface area (Å²) in [5, 5.41) is 11.8. The molecule has 0 spiro atoms. The van der Waals surface area contributed by atoms with Gasteiger partial charge in [-0.2, -0.15) is 5.10 Å². The van der Waals surface area contributed by atoms with Gasteiger partial charge in [0, 0.05) is 23.1 Å². The van der Waals surface area contributed by atoms with E-state index in [1.54, 1.807) is 10.9 Å². The van der Waals surface area contributed by atoms with E-state index in [1.807, 2.05) is 31.2 Å². The van der Waals surface area contributed by atoms with Crippen molar-refractivity contribution in [2.75, 3.05) is 0 Å². The third kappa shape index (κ3) is 3.68. The smallest absolute Gasteiger partial charge is 0.254 e. The number of nitrogens with zero attached hydrogens (tertiary/aromatic N) is 2. The number of aromatic nitrogens is 2. The van der Waals surface area contributed by atoms with Gasteiger partial charge in [-0.1, -0.05) is 17.7 Å². The van der Waals surface area contributed by atoms with Gasteiger partial charge < -0.3 is 10.6 Å². The molecular formula is C18H22Cl2N4O. The Morgan fingerprint density at radius 2 is 2.04 bits per heavy atom. The molecule has 2 aliphatic rings. The second-order valence-electron chi connectivity index (χ2n) is 6.81. The maximum atomic E-state index is 12.7. The molecule has 2 N–H and O–H groups in total. The lowest BCUT2D eigenvalue weighted by atomic mass is 9.99. The van der Waals surface area contributed by atoms with Crippen LogP contribution in [0.4, 0.5) is 0 Å². The van der Waals surface area contributed by atoms with Crippen LogP contribution in [0.25, 0.3) is 5.69 Å². The number of fused-ring (bicyclic) bond motifs is 2. The molecular weight excluding hydrogens is 359 g/mol. The maximum absolute atomic E-state index is 12.7. The normalized spacial score (nSPS) is 24.6. The predicted molar refractivity (Wildman–Crippen MR) is 101 cm³/mol. The molecule has 2 atom stereocenters. The molecule has 2 unspecified atom stereocenters. The topological polar surface area (TPSA) is 59.0 Å². The molecule has 2 saturated heterocycles. The number of amides is 1. The van der Waals surface area contributed by atoms with Crippen LogP contribution in [0.5, 0.6) is 0 Å². The number of piperidine rings is 1. The van der Waals surface area contributed by atoms with Crippen molar-refractivity contribution in [2.45, 2.75) is 50.7 Å². The van der Waals surface area contributed by atoms with Crippen molar-refractivity contribution in [3.05, 3.63) is 46.7 Å². The minimum absolute atomic E-state index is 0. The van der Waals surface area contributed by atoms with Gasteiger partial charge in [0.15, 0.2) is 0 Å². The van der Waals surface area contributed by atoms with E-state index < -0.39 is 0 Å². The van der Waals surface area contributed by atoms with E-state index in [4.69, 9.17) is 11.6 Å². The van der Waals surface area contributed by atoms with Gasteiger partial charge in [-0.15, -0.1) is 12.4 Å². The molecule has 2 fully saturated rings. The zero-order valence-corrected chi connectivity index (χ0v) is 15.6. The summed E-state index contributed by atoms with van der Waals surface area (Å²) in [5.41, 5.74) is 2.31. The fourth-order valence-electron chi connectivity index (χ4n) is 3.94. The summed E-state index contributed by atoms with van der Waals surface area (Å²) < 4.78 is 1.76. The third-order valence-electron chi connectivity index (χ3n) is 5.12. The molecule has 2 aromatic rings. The van der Waals surface area contributed by atoms with Crippen molar-refractivity contribution >= 4 is 29.9 Å². The Kier molecular flexibility index (Phi) is 5.37. The average molecular weight is 381 g/mol. The summed E-state index contributed by atoms with van der Waals surface area (Å²) in [4.78, 5) is 12.7. The Balaban J connectivity index is 0.00000182. The van der Waals surface area contributed by atoms with E-state index in [2.05, 4.69) is 15.7 Å². The fourth-order valence-corrected chi connectivity index (χ4v) is 4.12. The summed E-state index contributed by atoms with van der Waals surface area (Å²) in [5.74, 6) is -0.0351. The monoisotopic (exact) mass is 380 g/mol. The van der Waals surface area contributed by atoms with Gasteiger partial charge >= 0.3 is 0 Å². The van der Waals surface area contributed by atoms with E-state index in [1.165, 1.54) is 12.8 Å². The van der Waals surface area contributed by atoms with Crippen molar-refractivity contribution in [1.82, 2.24) is 20.4 Å². The predicted octanol–water partition coefficient (Wildman–Crippen LogP) is 3.27. The van der Waals surface area contributed by atoms with Gasteiger partial charge in [0.1, 0.15) is 0 Å². The van der Waals surface area contributed by atoms with E-state index in [0.29, 0.717) is 22.7 Å². The number of rotatable bonds is 3.